The maximum absolute atomic E-state index is 5.23. The highest BCUT2D eigenvalue weighted by molar-refractivity contribution is 9.10. The number of aromatic amines is 2. The van der Waals surface area contributed by atoms with Crippen molar-refractivity contribution in [1.82, 2.24) is 15.0 Å². The highest BCUT2D eigenvalue weighted by Crippen LogP contribution is 2.41. The molecule has 0 spiro atoms. The quantitative estimate of drug-likeness (QED) is 0.274. The molecule has 2 heterocycles. The van der Waals surface area contributed by atoms with Gasteiger partial charge in [-0.05, 0) is 53.3 Å². The summed E-state index contributed by atoms with van der Waals surface area (Å²) in [5.41, 5.74) is 12.1. The minimum Gasteiger partial charge on any atom is -0.360 e. The molecule has 7 rings (SSSR count). The minimum atomic E-state index is 0.889. The Morgan fingerprint density at radius 1 is 0.758 bits per heavy atom. The van der Waals surface area contributed by atoms with Crippen LogP contribution in [-0.2, 0) is 12.8 Å². The van der Waals surface area contributed by atoms with E-state index in [-0.39, 0.29) is 0 Å². The minimum absolute atomic E-state index is 0.889. The molecule has 2 N–H and O–H groups in total. The summed E-state index contributed by atoms with van der Waals surface area (Å²) in [7, 11) is 0. The second-order valence-electron chi connectivity index (χ2n) is 8.66. The summed E-state index contributed by atoms with van der Waals surface area (Å²) in [6.07, 6.45) is 8.61. The smallest absolute Gasteiger partial charge is 0.140 e. The maximum atomic E-state index is 5.23. The number of H-pyrrole nitrogens is 2. The van der Waals surface area contributed by atoms with Crippen LogP contribution in [0.25, 0.3) is 33.4 Å². The average Bonchev–Trinajstić information content (AvgIpc) is 3.61. The van der Waals surface area contributed by atoms with Crippen molar-refractivity contribution in [3.8, 4) is 11.4 Å². The van der Waals surface area contributed by atoms with Gasteiger partial charge in [-0.1, -0.05) is 76.6 Å². The number of benzene rings is 3. The summed E-state index contributed by atoms with van der Waals surface area (Å²) in [5, 5.41) is 1.15. The first kappa shape index (κ1) is 18.9. The first-order valence-electron chi connectivity index (χ1n) is 11.2. The lowest BCUT2D eigenvalue weighted by Gasteiger charge is -2.09. The Kier molecular flexibility index (Phi) is 4.12. The number of hydrogen-bond acceptors (Lipinski definition) is 1. The molecule has 5 aromatic rings. The van der Waals surface area contributed by atoms with Gasteiger partial charge in [0.05, 0.1) is 11.4 Å². The van der Waals surface area contributed by atoms with Crippen molar-refractivity contribution in [2.24, 2.45) is 0 Å². The Balaban J connectivity index is 1.46. The van der Waals surface area contributed by atoms with Crippen LogP contribution in [0.4, 0.5) is 0 Å². The van der Waals surface area contributed by atoms with E-state index in [1.807, 2.05) is 0 Å². The van der Waals surface area contributed by atoms with Gasteiger partial charge in [-0.2, -0.15) is 0 Å². The molecule has 3 nitrogen and oxygen atoms in total. The third-order valence-electron chi connectivity index (χ3n) is 6.79. The van der Waals surface area contributed by atoms with E-state index in [0.29, 0.717) is 0 Å². The van der Waals surface area contributed by atoms with E-state index in [2.05, 4.69) is 111 Å². The summed E-state index contributed by atoms with van der Waals surface area (Å²) in [6.45, 7) is 0. The van der Waals surface area contributed by atoms with Crippen LogP contribution in [0.3, 0.4) is 0 Å². The molecule has 0 aliphatic heterocycles. The van der Waals surface area contributed by atoms with Crippen molar-refractivity contribution >= 4 is 38.0 Å². The first-order chi connectivity index (χ1) is 16.3. The number of aromatic nitrogens is 3. The Morgan fingerprint density at radius 3 is 2.24 bits per heavy atom. The lowest BCUT2D eigenvalue weighted by molar-refractivity contribution is 1.29. The van der Waals surface area contributed by atoms with Gasteiger partial charge in [-0.3, -0.25) is 0 Å². The number of allylic oxidation sites excluding steroid dienone is 2. The van der Waals surface area contributed by atoms with E-state index in [1.54, 1.807) is 0 Å². The molecule has 33 heavy (non-hydrogen) atoms. The Labute approximate surface area is 200 Å². The molecule has 2 aromatic heterocycles. The van der Waals surface area contributed by atoms with Gasteiger partial charge in [0.1, 0.15) is 5.82 Å². The fourth-order valence-corrected chi connectivity index (χ4v) is 5.57. The van der Waals surface area contributed by atoms with Crippen LogP contribution < -0.4 is 0 Å². The number of halogens is 1. The molecule has 2 aliphatic carbocycles. The van der Waals surface area contributed by atoms with Crippen LogP contribution in [0, 0.1) is 0 Å². The van der Waals surface area contributed by atoms with Gasteiger partial charge in [0.2, 0.25) is 0 Å². The zero-order valence-corrected chi connectivity index (χ0v) is 19.4. The molecule has 3 aromatic carbocycles. The van der Waals surface area contributed by atoms with E-state index < -0.39 is 0 Å². The van der Waals surface area contributed by atoms with E-state index in [0.717, 1.165) is 51.0 Å². The van der Waals surface area contributed by atoms with Crippen molar-refractivity contribution in [2.45, 2.75) is 12.8 Å². The standard InChI is InChI=1S/C29H20BrN3/c30-19-11-14-26-24(15-19)25(16-31-26)29-32-27(22-12-9-17-5-1-3-7-20(17)22)28(33-29)23-13-10-18-6-2-4-8-21(18)23/h1-8,11-16,31H,9-10H2,(H,32,33). The summed E-state index contributed by atoms with van der Waals surface area (Å²) < 4.78 is 1.06. The number of imidazole rings is 1. The molecule has 4 heteroatoms. The SMILES string of the molecule is Brc1ccc2[nH]cc(-c3nc(C4=CCc5ccccc54)c(C4=CCc5ccccc54)[nH]3)c2c1. The zero-order valence-electron chi connectivity index (χ0n) is 17.8. The predicted molar refractivity (Wildman–Crippen MR) is 138 cm³/mol. The third-order valence-corrected chi connectivity index (χ3v) is 7.29. The molecule has 0 atom stereocenters. The molecule has 158 valence electrons. The summed E-state index contributed by atoms with van der Waals surface area (Å²) in [4.78, 5) is 12.4. The molecule has 0 amide bonds. The van der Waals surface area contributed by atoms with E-state index in [4.69, 9.17) is 4.98 Å². The number of nitrogens with one attached hydrogen (secondary N) is 2. The lowest BCUT2D eigenvalue weighted by atomic mass is 9.97. The van der Waals surface area contributed by atoms with Crippen LogP contribution >= 0.6 is 15.9 Å². The second-order valence-corrected chi connectivity index (χ2v) is 9.58. The molecule has 0 saturated heterocycles. The summed E-state index contributed by atoms with van der Waals surface area (Å²) in [5.74, 6) is 0.889. The van der Waals surface area contributed by atoms with Gasteiger partial charge < -0.3 is 9.97 Å². The lowest BCUT2D eigenvalue weighted by Crippen LogP contribution is -1.94. The van der Waals surface area contributed by atoms with Crippen LogP contribution in [0.15, 0.2) is 89.6 Å². The van der Waals surface area contributed by atoms with Crippen LogP contribution in [0.2, 0.25) is 0 Å². The third kappa shape index (κ3) is 2.91. The van der Waals surface area contributed by atoms with Crippen molar-refractivity contribution in [3.63, 3.8) is 0 Å². The van der Waals surface area contributed by atoms with Crippen LogP contribution in [-0.4, -0.2) is 15.0 Å². The van der Waals surface area contributed by atoms with Crippen molar-refractivity contribution in [2.75, 3.05) is 0 Å². The molecular weight excluding hydrogens is 470 g/mol. The Bertz CT molecular complexity index is 1550. The van der Waals surface area contributed by atoms with Crippen molar-refractivity contribution < 1.29 is 0 Å². The van der Waals surface area contributed by atoms with Crippen LogP contribution in [0.1, 0.15) is 33.6 Å². The Morgan fingerprint density at radius 2 is 1.45 bits per heavy atom. The molecule has 2 aliphatic rings. The normalized spacial score (nSPS) is 14.3. The fourth-order valence-electron chi connectivity index (χ4n) is 5.21. The van der Waals surface area contributed by atoms with Crippen molar-refractivity contribution in [1.29, 1.82) is 0 Å². The molecular formula is C29H20BrN3. The Hall–Kier alpha value is -3.63. The van der Waals surface area contributed by atoms with Gasteiger partial charge in [0.25, 0.3) is 0 Å². The molecule has 0 fully saturated rings. The zero-order chi connectivity index (χ0) is 21.9. The van der Waals surface area contributed by atoms with Crippen LogP contribution in [0.5, 0.6) is 0 Å². The van der Waals surface area contributed by atoms with Gasteiger partial charge in [0, 0.05) is 38.3 Å². The number of rotatable bonds is 3. The molecule has 0 bridgehead atoms. The highest BCUT2D eigenvalue weighted by atomic mass is 79.9. The van der Waals surface area contributed by atoms with Gasteiger partial charge in [-0.25, -0.2) is 4.98 Å². The van der Waals surface area contributed by atoms with Crippen molar-refractivity contribution in [3.05, 3.63) is 123 Å². The predicted octanol–water partition coefficient (Wildman–Crippen LogP) is 7.30. The van der Waals surface area contributed by atoms with E-state index in [1.165, 1.54) is 33.4 Å². The second kappa shape index (κ2) is 7.19. The number of fused-ring (bicyclic) bond motifs is 3. The maximum Gasteiger partial charge on any atom is 0.140 e. The topological polar surface area (TPSA) is 44.5 Å². The fraction of sp³-hybridized carbons (Fsp3) is 0.0690. The number of nitrogens with zero attached hydrogens (tertiary/aromatic N) is 1. The molecule has 0 radical (unpaired) electrons. The monoisotopic (exact) mass is 489 g/mol. The van der Waals surface area contributed by atoms with E-state index >= 15 is 0 Å². The van der Waals surface area contributed by atoms with Gasteiger partial charge in [0.15, 0.2) is 0 Å². The summed E-state index contributed by atoms with van der Waals surface area (Å²) >= 11 is 3.62. The average molecular weight is 490 g/mol. The number of hydrogen-bond donors (Lipinski definition) is 2. The first-order valence-corrected chi connectivity index (χ1v) is 12.0. The van der Waals surface area contributed by atoms with Gasteiger partial charge in [-0.15, -0.1) is 0 Å². The highest BCUT2D eigenvalue weighted by Gasteiger charge is 2.27. The van der Waals surface area contributed by atoms with Gasteiger partial charge >= 0.3 is 0 Å². The largest absolute Gasteiger partial charge is 0.360 e. The molecule has 0 unspecified atom stereocenters. The van der Waals surface area contributed by atoms with E-state index in [9.17, 15) is 0 Å². The molecule has 0 saturated carbocycles. The summed E-state index contributed by atoms with van der Waals surface area (Å²) in [6, 6.07) is 23.6.